The minimum Gasteiger partial charge on any atom is -0.392 e. The minimum absolute atomic E-state index is 0.0656. The van der Waals surface area contributed by atoms with Crippen molar-refractivity contribution in [3.05, 3.63) is 22.7 Å². The maximum atomic E-state index is 9.39. The molecule has 2 aromatic heterocycles. The van der Waals surface area contributed by atoms with Crippen molar-refractivity contribution < 1.29 is 9.63 Å². The number of aromatic nitrogens is 2. The molecule has 6 heteroatoms. The maximum absolute atomic E-state index is 9.39. The number of hydrogen-bond donors (Lipinski definition) is 1. The Morgan fingerprint density at radius 2 is 2.50 bits per heavy atom. The first-order valence-electron chi connectivity index (χ1n) is 4.70. The summed E-state index contributed by atoms with van der Waals surface area (Å²) in [5.41, 5.74) is 0.898. The van der Waals surface area contributed by atoms with E-state index in [0.29, 0.717) is 11.7 Å². The van der Waals surface area contributed by atoms with Crippen LogP contribution < -0.4 is 0 Å². The number of rotatable bonds is 4. The SMILES string of the molecule is N#CCC(O)Cc1nc(-c2ccsc2)no1. The fourth-order valence-electron chi connectivity index (χ4n) is 1.23. The number of aliphatic hydroxyl groups is 1. The predicted octanol–water partition coefficient (Wildman–Crippen LogP) is 1.62. The smallest absolute Gasteiger partial charge is 0.229 e. The van der Waals surface area contributed by atoms with Gasteiger partial charge in [0, 0.05) is 10.9 Å². The second kappa shape index (κ2) is 4.88. The average molecular weight is 235 g/mol. The molecule has 0 aliphatic carbocycles. The fraction of sp³-hybridized carbons (Fsp3) is 0.300. The van der Waals surface area contributed by atoms with Gasteiger partial charge in [0.25, 0.3) is 0 Å². The van der Waals surface area contributed by atoms with Crippen LogP contribution in [0, 0.1) is 11.3 Å². The van der Waals surface area contributed by atoms with Crippen LogP contribution in [0.25, 0.3) is 11.4 Å². The van der Waals surface area contributed by atoms with Gasteiger partial charge >= 0.3 is 0 Å². The summed E-state index contributed by atoms with van der Waals surface area (Å²) in [6.45, 7) is 0. The summed E-state index contributed by atoms with van der Waals surface area (Å²) in [4.78, 5) is 4.13. The van der Waals surface area contributed by atoms with Gasteiger partial charge in [-0.2, -0.15) is 21.6 Å². The largest absolute Gasteiger partial charge is 0.392 e. The van der Waals surface area contributed by atoms with Crippen LogP contribution in [-0.2, 0) is 6.42 Å². The van der Waals surface area contributed by atoms with Crippen molar-refractivity contribution >= 4 is 11.3 Å². The Bertz CT molecular complexity index is 486. The Kier molecular flexibility index (Phi) is 3.29. The number of hydrogen-bond acceptors (Lipinski definition) is 6. The highest BCUT2D eigenvalue weighted by Gasteiger charge is 2.13. The van der Waals surface area contributed by atoms with Gasteiger partial charge in [-0.05, 0) is 11.4 Å². The summed E-state index contributed by atoms with van der Waals surface area (Å²) >= 11 is 1.55. The van der Waals surface area contributed by atoms with E-state index in [0.717, 1.165) is 5.56 Å². The van der Waals surface area contributed by atoms with Crippen molar-refractivity contribution in [2.45, 2.75) is 18.9 Å². The van der Waals surface area contributed by atoms with Crippen LogP contribution in [0.1, 0.15) is 12.3 Å². The van der Waals surface area contributed by atoms with E-state index in [9.17, 15) is 5.11 Å². The topological polar surface area (TPSA) is 82.9 Å². The fourth-order valence-corrected chi connectivity index (χ4v) is 1.86. The molecule has 1 unspecified atom stereocenters. The summed E-state index contributed by atoms with van der Waals surface area (Å²) in [7, 11) is 0. The molecule has 2 aromatic rings. The zero-order valence-electron chi connectivity index (χ0n) is 8.33. The van der Waals surface area contributed by atoms with E-state index in [1.807, 2.05) is 22.9 Å². The second-order valence-electron chi connectivity index (χ2n) is 3.24. The van der Waals surface area contributed by atoms with Crippen molar-refractivity contribution in [3.63, 3.8) is 0 Å². The number of nitrogens with zero attached hydrogens (tertiary/aromatic N) is 3. The lowest BCUT2D eigenvalue weighted by atomic mass is 10.2. The Morgan fingerprint density at radius 3 is 3.19 bits per heavy atom. The molecule has 0 radical (unpaired) electrons. The van der Waals surface area contributed by atoms with Crippen molar-refractivity contribution in [3.8, 4) is 17.5 Å². The first-order chi connectivity index (χ1) is 7.79. The minimum atomic E-state index is -0.749. The van der Waals surface area contributed by atoms with Gasteiger partial charge in [-0.3, -0.25) is 0 Å². The Balaban J connectivity index is 2.06. The molecule has 0 amide bonds. The van der Waals surface area contributed by atoms with Gasteiger partial charge < -0.3 is 9.63 Å². The molecular formula is C10H9N3O2S. The van der Waals surface area contributed by atoms with E-state index in [2.05, 4.69) is 10.1 Å². The molecule has 0 bridgehead atoms. The predicted molar refractivity (Wildman–Crippen MR) is 57.6 cm³/mol. The van der Waals surface area contributed by atoms with Crippen LogP contribution in [0.2, 0.25) is 0 Å². The average Bonchev–Trinajstić information content (AvgIpc) is 2.86. The second-order valence-corrected chi connectivity index (χ2v) is 4.02. The normalized spacial score (nSPS) is 12.2. The van der Waals surface area contributed by atoms with Gasteiger partial charge in [0.15, 0.2) is 0 Å². The third kappa shape index (κ3) is 2.45. The lowest BCUT2D eigenvalue weighted by Crippen LogP contribution is -2.09. The summed E-state index contributed by atoms with van der Waals surface area (Å²) in [6.07, 6.45) is -0.471. The number of nitriles is 1. The van der Waals surface area contributed by atoms with Crippen molar-refractivity contribution in [2.75, 3.05) is 0 Å². The van der Waals surface area contributed by atoms with Crippen LogP contribution in [0.5, 0.6) is 0 Å². The molecule has 0 fully saturated rings. The standard InChI is InChI=1S/C10H9N3O2S/c11-3-1-8(14)5-9-12-10(13-15-9)7-2-4-16-6-7/h2,4,6,8,14H,1,5H2. The molecular weight excluding hydrogens is 226 g/mol. The molecule has 0 aliphatic heterocycles. The van der Waals surface area contributed by atoms with Crippen LogP contribution in [-0.4, -0.2) is 21.4 Å². The molecule has 16 heavy (non-hydrogen) atoms. The Hall–Kier alpha value is -1.71. The monoisotopic (exact) mass is 235 g/mol. The number of thiophene rings is 1. The molecule has 1 N–H and O–H groups in total. The van der Waals surface area contributed by atoms with E-state index in [1.54, 1.807) is 11.3 Å². The van der Waals surface area contributed by atoms with Crippen molar-refractivity contribution in [1.82, 2.24) is 10.1 Å². The maximum Gasteiger partial charge on any atom is 0.229 e. The third-order valence-electron chi connectivity index (χ3n) is 1.98. The summed E-state index contributed by atoms with van der Waals surface area (Å²) in [5.74, 6) is 0.865. The lowest BCUT2D eigenvalue weighted by molar-refractivity contribution is 0.167. The number of aliphatic hydroxyl groups excluding tert-OH is 1. The molecule has 0 spiro atoms. The lowest BCUT2D eigenvalue weighted by Gasteiger charge is -1.99. The molecule has 82 valence electrons. The Labute approximate surface area is 96.0 Å². The van der Waals surface area contributed by atoms with Gasteiger partial charge in [-0.25, -0.2) is 0 Å². The molecule has 2 heterocycles. The summed E-state index contributed by atoms with van der Waals surface area (Å²) < 4.78 is 4.98. The quantitative estimate of drug-likeness (QED) is 0.870. The first-order valence-corrected chi connectivity index (χ1v) is 5.64. The highest BCUT2D eigenvalue weighted by Crippen LogP contribution is 2.19. The van der Waals surface area contributed by atoms with Crippen LogP contribution >= 0.6 is 11.3 Å². The zero-order chi connectivity index (χ0) is 11.4. The van der Waals surface area contributed by atoms with Crippen LogP contribution in [0.15, 0.2) is 21.3 Å². The van der Waals surface area contributed by atoms with E-state index >= 15 is 0 Å². The molecule has 5 nitrogen and oxygen atoms in total. The van der Waals surface area contributed by atoms with Gasteiger partial charge in [-0.1, -0.05) is 5.16 Å². The van der Waals surface area contributed by atoms with Gasteiger partial charge in [0.2, 0.25) is 11.7 Å². The Morgan fingerprint density at radius 1 is 1.62 bits per heavy atom. The van der Waals surface area contributed by atoms with Crippen LogP contribution in [0.3, 0.4) is 0 Å². The third-order valence-corrected chi connectivity index (χ3v) is 2.67. The molecule has 0 saturated heterocycles. The first kappa shape index (κ1) is 10.8. The summed E-state index contributed by atoms with van der Waals surface area (Å²) in [6, 6.07) is 3.78. The molecule has 2 rings (SSSR count). The highest BCUT2D eigenvalue weighted by atomic mass is 32.1. The van der Waals surface area contributed by atoms with E-state index in [1.165, 1.54) is 0 Å². The molecule has 0 saturated carbocycles. The zero-order valence-corrected chi connectivity index (χ0v) is 9.15. The van der Waals surface area contributed by atoms with E-state index in [4.69, 9.17) is 9.78 Å². The molecule has 1 atom stereocenters. The van der Waals surface area contributed by atoms with Gasteiger partial charge in [0.1, 0.15) is 0 Å². The van der Waals surface area contributed by atoms with E-state index < -0.39 is 6.10 Å². The van der Waals surface area contributed by atoms with Crippen molar-refractivity contribution in [1.29, 1.82) is 5.26 Å². The molecule has 0 aliphatic rings. The van der Waals surface area contributed by atoms with Crippen molar-refractivity contribution in [2.24, 2.45) is 0 Å². The summed E-state index contributed by atoms with van der Waals surface area (Å²) in [5, 5.41) is 25.4. The highest BCUT2D eigenvalue weighted by molar-refractivity contribution is 7.08. The van der Waals surface area contributed by atoms with E-state index in [-0.39, 0.29) is 12.8 Å². The van der Waals surface area contributed by atoms with Crippen LogP contribution in [0.4, 0.5) is 0 Å². The van der Waals surface area contributed by atoms with Gasteiger partial charge in [-0.15, -0.1) is 0 Å². The molecule has 0 aromatic carbocycles. The van der Waals surface area contributed by atoms with Gasteiger partial charge in [0.05, 0.1) is 25.0 Å².